The van der Waals surface area contributed by atoms with Gasteiger partial charge in [-0.1, -0.05) is 0 Å². The summed E-state index contributed by atoms with van der Waals surface area (Å²) in [7, 11) is 1.97. The fourth-order valence-electron chi connectivity index (χ4n) is 2.99. The molecule has 0 bridgehead atoms. The highest BCUT2D eigenvalue weighted by Gasteiger charge is 2.40. The maximum atomic E-state index is 12.9. The highest BCUT2D eigenvalue weighted by atomic mass is 19.4. The number of hydrogen-bond donors (Lipinski definition) is 0. The first kappa shape index (κ1) is 15.1. The molecule has 2 fully saturated rings. The van der Waals surface area contributed by atoms with Crippen LogP contribution in [0.5, 0.6) is 0 Å². The van der Waals surface area contributed by atoms with E-state index in [4.69, 9.17) is 10.00 Å². The van der Waals surface area contributed by atoms with Crippen LogP contribution in [-0.4, -0.2) is 55.3 Å². The third kappa shape index (κ3) is 2.62. The molecule has 0 aromatic carbocycles. The standard InChI is InChI=1S/C14H15F3N4O/c1-20-2-3-22-13-8-21(7-12(13)20)11-4-9(14(15,16)17)6-19-10(11)5-18/h4,6,12-13H,2-3,7-8H2,1H3/t12-,13+/m0/s1. The zero-order valence-electron chi connectivity index (χ0n) is 12.0. The molecule has 5 nitrogen and oxygen atoms in total. The highest BCUT2D eigenvalue weighted by Crippen LogP contribution is 2.34. The largest absolute Gasteiger partial charge is 0.417 e. The summed E-state index contributed by atoms with van der Waals surface area (Å²) >= 11 is 0. The third-order valence-electron chi connectivity index (χ3n) is 4.22. The monoisotopic (exact) mass is 312 g/mol. The van der Waals surface area contributed by atoms with Crippen molar-refractivity contribution in [1.82, 2.24) is 9.88 Å². The second kappa shape index (κ2) is 5.41. The first-order valence-corrected chi connectivity index (χ1v) is 6.94. The molecule has 118 valence electrons. The number of pyridine rings is 1. The summed E-state index contributed by atoms with van der Waals surface area (Å²) in [6.45, 7) is 2.39. The van der Waals surface area contributed by atoms with Gasteiger partial charge in [0.05, 0.1) is 30.0 Å². The number of ether oxygens (including phenoxy) is 1. The molecule has 0 aliphatic carbocycles. The second-order valence-corrected chi connectivity index (χ2v) is 5.56. The molecule has 0 radical (unpaired) electrons. The molecule has 0 saturated carbocycles. The molecular weight excluding hydrogens is 297 g/mol. The van der Waals surface area contributed by atoms with Gasteiger partial charge in [-0.05, 0) is 13.1 Å². The maximum absolute atomic E-state index is 12.9. The molecule has 2 saturated heterocycles. The lowest BCUT2D eigenvalue weighted by atomic mass is 10.1. The Kier molecular flexibility index (Phi) is 3.70. The number of nitrogens with zero attached hydrogens (tertiary/aromatic N) is 4. The van der Waals surface area contributed by atoms with Gasteiger partial charge in [-0.15, -0.1) is 0 Å². The molecule has 3 rings (SSSR count). The summed E-state index contributed by atoms with van der Waals surface area (Å²) in [5.41, 5.74) is -0.608. The summed E-state index contributed by atoms with van der Waals surface area (Å²) < 4.78 is 44.3. The Morgan fingerprint density at radius 3 is 2.82 bits per heavy atom. The van der Waals surface area contributed by atoms with E-state index >= 15 is 0 Å². The van der Waals surface area contributed by atoms with Crippen LogP contribution >= 0.6 is 0 Å². The van der Waals surface area contributed by atoms with E-state index in [1.807, 2.05) is 13.1 Å². The van der Waals surface area contributed by atoms with Gasteiger partial charge < -0.3 is 9.64 Å². The molecule has 2 aliphatic rings. The van der Waals surface area contributed by atoms with E-state index in [0.717, 1.165) is 12.6 Å². The fourth-order valence-corrected chi connectivity index (χ4v) is 2.99. The number of fused-ring (bicyclic) bond motifs is 1. The molecule has 0 N–H and O–H groups in total. The molecule has 0 spiro atoms. The van der Waals surface area contributed by atoms with Crippen LogP contribution in [0.3, 0.4) is 0 Å². The molecule has 0 amide bonds. The van der Waals surface area contributed by atoms with E-state index in [-0.39, 0.29) is 23.5 Å². The minimum atomic E-state index is -4.48. The van der Waals surface area contributed by atoms with Crippen LogP contribution < -0.4 is 4.90 Å². The van der Waals surface area contributed by atoms with Crippen molar-refractivity contribution in [3.8, 4) is 6.07 Å². The van der Waals surface area contributed by atoms with Gasteiger partial charge in [0.1, 0.15) is 6.07 Å². The van der Waals surface area contributed by atoms with Gasteiger partial charge in [-0.25, -0.2) is 4.98 Å². The Balaban J connectivity index is 1.93. The first-order valence-electron chi connectivity index (χ1n) is 6.94. The molecule has 22 heavy (non-hydrogen) atoms. The number of likely N-dealkylation sites (N-methyl/N-ethyl adjacent to an activating group) is 1. The van der Waals surface area contributed by atoms with Gasteiger partial charge in [0, 0.05) is 25.8 Å². The highest BCUT2D eigenvalue weighted by molar-refractivity contribution is 5.58. The van der Waals surface area contributed by atoms with Crippen LogP contribution in [0.25, 0.3) is 0 Å². The SMILES string of the molecule is CN1CCO[C@@H]2CN(c3cc(C(F)(F)F)cnc3C#N)C[C@@H]21. The normalized spacial score (nSPS) is 25.9. The van der Waals surface area contributed by atoms with E-state index in [1.165, 1.54) is 0 Å². The van der Waals surface area contributed by atoms with Crippen molar-refractivity contribution in [1.29, 1.82) is 5.26 Å². The lowest BCUT2D eigenvalue weighted by Crippen LogP contribution is -2.48. The van der Waals surface area contributed by atoms with Gasteiger partial charge in [-0.2, -0.15) is 18.4 Å². The topological polar surface area (TPSA) is 52.4 Å². The molecule has 8 heteroatoms. The summed E-state index contributed by atoms with van der Waals surface area (Å²) in [4.78, 5) is 7.57. The summed E-state index contributed by atoms with van der Waals surface area (Å²) in [6, 6.07) is 2.99. The zero-order chi connectivity index (χ0) is 15.9. The van der Waals surface area contributed by atoms with Crippen LogP contribution in [0.1, 0.15) is 11.3 Å². The number of aromatic nitrogens is 1. The predicted molar refractivity (Wildman–Crippen MR) is 72.3 cm³/mol. The molecule has 0 unspecified atom stereocenters. The van der Waals surface area contributed by atoms with Crippen LogP contribution in [0.4, 0.5) is 18.9 Å². The summed E-state index contributed by atoms with van der Waals surface area (Å²) in [6.07, 6.45) is -3.83. The number of anilines is 1. The molecule has 1 aromatic heterocycles. The van der Waals surface area contributed by atoms with E-state index in [0.29, 0.717) is 25.9 Å². The lowest BCUT2D eigenvalue weighted by Gasteiger charge is -2.33. The van der Waals surface area contributed by atoms with Gasteiger partial charge in [-0.3, -0.25) is 4.90 Å². The molecular formula is C14H15F3N4O. The quantitative estimate of drug-likeness (QED) is 0.786. The second-order valence-electron chi connectivity index (χ2n) is 5.56. The average Bonchev–Trinajstić information content (AvgIpc) is 2.91. The van der Waals surface area contributed by atoms with Crippen molar-refractivity contribution in [2.45, 2.75) is 18.3 Å². The van der Waals surface area contributed by atoms with Crippen LogP contribution in [0.2, 0.25) is 0 Å². The van der Waals surface area contributed by atoms with Crippen LogP contribution in [0, 0.1) is 11.3 Å². The number of rotatable bonds is 1. The minimum absolute atomic E-state index is 0.00861. The fraction of sp³-hybridized carbons (Fsp3) is 0.571. The maximum Gasteiger partial charge on any atom is 0.417 e. The van der Waals surface area contributed by atoms with Crippen molar-refractivity contribution in [3.05, 3.63) is 23.5 Å². The van der Waals surface area contributed by atoms with Crippen molar-refractivity contribution in [2.75, 3.05) is 38.2 Å². The van der Waals surface area contributed by atoms with Crippen molar-refractivity contribution >= 4 is 5.69 Å². The van der Waals surface area contributed by atoms with Gasteiger partial charge in [0.2, 0.25) is 0 Å². The minimum Gasteiger partial charge on any atom is -0.373 e. The molecule has 2 aliphatic heterocycles. The first-order chi connectivity index (χ1) is 10.4. The van der Waals surface area contributed by atoms with Crippen LogP contribution in [0.15, 0.2) is 12.3 Å². The number of halogens is 3. The Morgan fingerprint density at radius 1 is 1.41 bits per heavy atom. The van der Waals surface area contributed by atoms with E-state index < -0.39 is 11.7 Å². The van der Waals surface area contributed by atoms with E-state index in [1.54, 1.807) is 4.90 Å². The van der Waals surface area contributed by atoms with Gasteiger partial charge in [0.15, 0.2) is 5.69 Å². The Labute approximate surface area is 125 Å². The third-order valence-corrected chi connectivity index (χ3v) is 4.22. The number of hydrogen-bond acceptors (Lipinski definition) is 5. The van der Waals surface area contributed by atoms with Crippen molar-refractivity contribution in [3.63, 3.8) is 0 Å². The molecule has 3 heterocycles. The number of morpholine rings is 1. The van der Waals surface area contributed by atoms with Crippen LogP contribution in [-0.2, 0) is 10.9 Å². The van der Waals surface area contributed by atoms with E-state index in [2.05, 4.69) is 9.88 Å². The van der Waals surface area contributed by atoms with Gasteiger partial charge >= 0.3 is 6.18 Å². The molecule has 2 atom stereocenters. The number of alkyl halides is 3. The number of nitriles is 1. The van der Waals surface area contributed by atoms with Crippen molar-refractivity contribution in [2.24, 2.45) is 0 Å². The average molecular weight is 312 g/mol. The Morgan fingerprint density at radius 2 is 2.18 bits per heavy atom. The summed E-state index contributed by atoms with van der Waals surface area (Å²) in [5, 5.41) is 9.12. The van der Waals surface area contributed by atoms with Gasteiger partial charge in [0.25, 0.3) is 0 Å². The lowest BCUT2D eigenvalue weighted by molar-refractivity contribution is -0.137. The smallest absolute Gasteiger partial charge is 0.373 e. The zero-order valence-corrected chi connectivity index (χ0v) is 12.0. The Hall–Kier alpha value is -1.85. The van der Waals surface area contributed by atoms with Crippen molar-refractivity contribution < 1.29 is 17.9 Å². The predicted octanol–water partition coefficient (Wildman–Crippen LogP) is 1.49. The summed E-state index contributed by atoms with van der Waals surface area (Å²) in [5.74, 6) is 0. The van der Waals surface area contributed by atoms with E-state index in [9.17, 15) is 13.2 Å². The molecule has 1 aromatic rings. The Bertz CT molecular complexity index is 613.